The molecule has 10 aromatic carbocycles. The molecule has 1 aliphatic carbocycles. The molecular weight excluding hydrogens is 739 g/mol. The lowest BCUT2D eigenvalue weighted by Crippen LogP contribution is -2.28. The second kappa shape index (κ2) is 14.1. The Morgan fingerprint density at radius 1 is 0.344 bits per heavy atom. The molecule has 0 spiro atoms. The Kier molecular flexibility index (Phi) is 8.11. The van der Waals surface area contributed by atoms with Crippen molar-refractivity contribution in [1.29, 1.82) is 0 Å². The van der Waals surface area contributed by atoms with Crippen LogP contribution in [0.5, 0.6) is 0 Å². The van der Waals surface area contributed by atoms with Crippen LogP contribution in [0.1, 0.15) is 22.3 Å². The molecule has 1 heterocycles. The van der Waals surface area contributed by atoms with Gasteiger partial charge in [0, 0.05) is 21.9 Å². The molecule has 0 saturated heterocycles. The van der Waals surface area contributed by atoms with Crippen molar-refractivity contribution >= 4 is 49.8 Å². The van der Waals surface area contributed by atoms with E-state index >= 15 is 0 Å². The maximum atomic E-state index is 7.03. The predicted octanol–water partition coefficient (Wildman–Crippen LogP) is 15.9. The van der Waals surface area contributed by atoms with E-state index in [-0.39, 0.29) is 0 Å². The number of fused-ring (bicyclic) bond motifs is 7. The number of hydrogen-bond acceptors (Lipinski definition) is 2. The first-order chi connectivity index (χ1) is 30.3. The Labute approximate surface area is 355 Å². The van der Waals surface area contributed by atoms with E-state index < -0.39 is 5.41 Å². The fraction of sp³-hybridized carbons (Fsp3) is 0.0169. The molecule has 0 fully saturated rings. The van der Waals surface area contributed by atoms with Gasteiger partial charge in [0.1, 0.15) is 5.58 Å². The smallest absolute Gasteiger partial charge is 0.159 e. The van der Waals surface area contributed by atoms with Gasteiger partial charge < -0.3 is 9.32 Å². The first-order valence-corrected chi connectivity index (χ1v) is 21.0. The summed E-state index contributed by atoms with van der Waals surface area (Å²) in [4.78, 5) is 2.47. The van der Waals surface area contributed by atoms with E-state index in [0.29, 0.717) is 0 Å². The maximum absolute atomic E-state index is 7.03. The zero-order valence-electron chi connectivity index (χ0n) is 33.4. The van der Waals surface area contributed by atoms with Gasteiger partial charge in [0.25, 0.3) is 0 Å². The highest BCUT2D eigenvalue weighted by Gasteiger charge is 2.47. The highest BCUT2D eigenvalue weighted by atomic mass is 16.3. The van der Waals surface area contributed by atoms with Gasteiger partial charge in [0.2, 0.25) is 0 Å². The lowest BCUT2D eigenvalue weighted by Gasteiger charge is -2.34. The van der Waals surface area contributed by atoms with Crippen molar-refractivity contribution in [3.63, 3.8) is 0 Å². The van der Waals surface area contributed by atoms with Gasteiger partial charge >= 0.3 is 0 Å². The summed E-state index contributed by atoms with van der Waals surface area (Å²) in [6.45, 7) is 0. The fourth-order valence-corrected chi connectivity index (χ4v) is 10.1. The monoisotopic (exact) mass is 777 g/mol. The first-order valence-electron chi connectivity index (χ1n) is 21.0. The number of furan rings is 1. The van der Waals surface area contributed by atoms with Crippen LogP contribution in [0.15, 0.2) is 241 Å². The van der Waals surface area contributed by atoms with Crippen LogP contribution in [-0.4, -0.2) is 0 Å². The highest BCUT2D eigenvalue weighted by molar-refractivity contribution is 6.13. The molecule has 0 radical (unpaired) electrons. The lowest BCUT2D eigenvalue weighted by atomic mass is 9.68. The molecule has 0 aliphatic heterocycles. The van der Waals surface area contributed by atoms with Crippen molar-refractivity contribution < 1.29 is 4.42 Å². The number of hydrogen-bond donors (Lipinski definition) is 0. The van der Waals surface area contributed by atoms with Crippen LogP contribution in [0.4, 0.5) is 17.1 Å². The number of para-hydroxylation sites is 2. The minimum atomic E-state index is -0.548. The van der Waals surface area contributed by atoms with E-state index in [4.69, 9.17) is 4.42 Å². The normalized spacial score (nSPS) is 12.7. The van der Waals surface area contributed by atoms with Crippen LogP contribution in [-0.2, 0) is 5.41 Å². The summed E-state index contributed by atoms with van der Waals surface area (Å²) in [5.74, 6) is 0. The molecule has 2 nitrogen and oxygen atoms in total. The van der Waals surface area contributed by atoms with Crippen molar-refractivity contribution in [1.82, 2.24) is 0 Å². The van der Waals surface area contributed by atoms with Gasteiger partial charge in [-0.2, -0.15) is 0 Å². The van der Waals surface area contributed by atoms with Crippen molar-refractivity contribution in [3.05, 3.63) is 259 Å². The summed E-state index contributed by atoms with van der Waals surface area (Å²) < 4.78 is 7.03. The third kappa shape index (κ3) is 5.43. The molecule has 0 unspecified atom stereocenters. The molecule has 286 valence electrons. The summed E-state index contributed by atoms with van der Waals surface area (Å²) in [7, 11) is 0. The third-order valence-corrected chi connectivity index (χ3v) is 12.7. The average molecular weight is 778 g/mol. The molecule has 61 heavy (non-hydrogen) atoms. The molecule has 2 heteroatoms. The van der Waals surface area contributed by atoms with Gasteiger partial charge in [-0.1, -0.05) is 200 Å². The van der Waals surface area contributed by atoms with Crippen LogP contribution in [0.2, 0.25) is 0 Å². The van der Waals surface area contributed by atoms with E-state index in [2.05, 4.69) is 241 Å². The SMILES string of the molecule is c1ccc(-c2ccc3oc4c(N(c5ccccc5-c5ccc6ccccc6c5)c5cccc6c5-c5ccccc5C6(c5ccccc5)c5ccccc5)cccc4c3c2)cc1. The van der Waals surface area contributed by atoms with Gasteiger partial charge in [0.15, 0.2) is 5.58 Å². The van der Waals surface area contributed by atoms with Gasteiger partial charge in [-0.05, 0) is 91.7 Å². The third-order valence-electron chi connectivity index (χ3n) is 12.7. The molecule has 0 atom stereocenters. The number of rotatable bonds is 7. The minimum Gasteiger partial charge on any atom is -0.454 e. The Morgan fingerprint density at radius 3 is 1.72 bits per heavy atom. The van der Waals surface area contributed by atoms with Crippen molar-refractivity contribution in [2.75, 3.05) is 4.90 Å². The van der Waals surface area contributed by atoms with Crippen LogP contribution < -0.4 is 4.90 Å². The van der Waals surface area contributed by atoms with Crippen LogP contribution in [0.3, 0.4) is 0 Å². The molecule has 0 amide bonds. The summed E-state index contributed by atoms with van der Waals surface area (Å²) in [5, 5.41) is 4.60. The second-order valence-electron chi connectivity index (χ2n) is 16.0. The standard InChI is InChI=1S/C59H39NO/c1-4-18-40(19-5-1)43-36-37-56-50(39-43)48-28-16-33-55(58(48)61-56)60(53-31-15-13-26-47(53)44-35-34-41-20-10-11-21-42(41)38-44)54-32-17-30-52-57(54)49-27-12-14-29-51(49)59(52,45-22-6-2-7-23-45)46-24-8-3-9-25-46/h1-39H. The highest BCUT2D eigenvalue weighted by Crippen LogP contribution is 2.60. The largest absolute Gasteiger partial charge is 0.454 e. The van der Waals surface area contributed by atoms with Gasteiger partial charge in [-0.25, -0.2) is 0 Å². The molecule has 1 aromatic heterocycles. The van der Waals surface area contributed by atoms with Crippen LogP contribution >= 0.6 is 0 Å². The van der Waals surface area contributed by atoms with E-state index in [9.17, 15) is 0 Å². The fourth-order valence-electron chi connectivity index (χ4n) is 10.1. The van der Waals surface area contributed by atoms with E-state index in [0.717, 1.165) is 55.7 Å². The van der Waals surface area contributed by atoms with Crippen molar-refractivity contribution in [2.24, 2.45) is 0 Å². The van der Waals surface area contributed by atoms with Crippen molar-refractivity contribution in [3.8, 4) is 33.4 Å². The van der Waals surface area contributed by atoms with E-state index in [1.165, 1.54) is 49.7 Å². The van der Waals surface area contributed by atoms with Crippen LogP contribution in [0.25, 0.3) is 66.1 Å². The first kappa shape index (κ1) is 35.0. The quantitative estimate of drug-likeness (QED) is 0.160. The number of nitrogens with zero attached hydrogens (tertiary/aromatic N) is 1. The zero-order valence-corrected chi connectivity index (χ0v) is 33.4. The molecular formula is C59H39NO. The molecule has 0 N–H and O–H groups in total. The molecule has 1 aliphatic rings. The van der Waals surface area contributed by atoms with Gasteiger partial charge in [-0.3, -0.25) is 0 Å². The Bertz CT molecular complexity index is 3380. The minimum absolute atomic E-state index is 0.548. The second-order valence-corrected chi connectivity index (χ2v) is 16.0. The number of benzene rings is 10. The Hall–Kier alpha value is -7.94. The van der Waals surface area contributed by atoms with Crippen LogP contribution in [0, 0.1) is 0 Å². The molecule has 12 rings (SSSR count). The summed E-state index contributed by atoms with van der Waals surface area (Å²) >= 11 is 0. The maximum Gasteiger partial charge on any atom is 0.159 e. The van der Waals surface area contributed by atoms with E-state index in [1.54, 1.807) is 0 Å². The summed E-state index contributed by atoms with van der Waals surface area (Å²) in [6.07, 6.45) is 0. The Balaban J connectivity index is 1.18. The summed E-state index contributed by atoms with van der Waals surface area (Å²) in [5.41, 5.74) is 16.3. The lowest BCUT2D eigenvalue weighted by molar-refractivity contribution is 0.669. The van der Waals surface area contributed by atoms with Crippen molar-refractivity contribution in [2.45, 2.75) is 5.41 Å². The predicted molar refractivity (Wildman–Crippen MR) is 254 cm³/mol. The average Bonchev–Trinajstić information content (AvgIpc) is 3.87. The zero-order chi connectivity index (χ0) is 40.3. The molecule has 11 aromatic rings. The molecule has 0 saturated carbocycles. The topological polar surface area (TPSA) is 16.4 Å². The molecule has 0 bridgehead atoms. The Morgan fingerprint density at radius 2 is 0.934 bits per heavy atom. The van der Waals surface area contributed by atoms with Gasteiger partial charge in [0.05, 0.1) is 22.5 Å². The number of anilines is 3. The summed E-state index contributed by atoms with van der Waals surface area (Å²) in [6, 6.07) is 86.0. The van der Waals surface area contributed by atoms with E-state index in [1.807, 2.05) is 0 Å². The van der Waals surface area contributed by atoms with Gasteiger partial charge in [-0.15, -0.1) is 0 Å².